The third kappa shape index (κ3) is 9.31. The summed E-state index contributed by atoms with van der Waals surface area (Å²) in [6.45, 7) is 1.20. The van der Waals surface area contributed by atoms with Crippen LogP contribution in [0.25, 0.3) is 0 Å². The van der Waals surface area contributed by atoms with E-state index in [0.717, 1.165) is 0 Å². The number of aromatic nitrogens is 2. The molecular formula is C28H34N6O8. The van der Waals surface area contributed by atoms with Gasteiger partial charge in [-0.2, -0.15) is 0 Å². The lowest BCUT2D eigenvalue weighted by atomic mass is 10.0. The van der Waals surface area contributed by atoms with Gasteiger partial charge in [-0.05, 0) is 48.7 Å². The molecule has 5 unspecified atom stereocenters. The molecule has 1 heterocycles. The maximum atomic E-state index is 13.5. The lowest BCUT2D eigenvalue weighted by molar-refractivity contribution is -0.145. The van der Waals surface area contributed by atoms with Crippen molar-refractivity contribution in [1.29, 1.82) is 0 Å². The number of nitrogens with one attached hydrogen (secondary N) is 4. The number of carbonyl (C=O) groups excluding carboxylic acids is 3. The highest BCUT2D eigenvalue weighted by Gasteiger charge is 2.32. The number of aromatic hydroxyl groups is 2. The van der Waals surface area contributed by atoms with E-state index in [2.05, 4.69) is 25.9 Å². The quantitative estimate of drug-likeness (QED) is 0.113. The summed E-state index contributed by atoms with van der Waals surface area (Å²) < 4.78 is 0. The van der Waals surface area contributed by atoms with E-state index in [0.29, 0.717) is 16.8 Å². The van der Waals surface area contributed by atoms with Gasteiger partial charge in [0, 0.05) is 24.7 Å². The number of aromatic amines is 1. The molecule has 3 aromatic rings. The summed E-state index contributed by atoms with van der Waals surface area (Å²) in [6, 6.07) is 6.73. The van der Waals surface area contributed by atoms with Crippen LogP contribution in [0.2, 0.25) is 0 Å². The number of nitrogens with two attached hydrogens (primary N) is 1. The molecular weight excluding hydrogens is 548 g/mol. The minimum Gasteiger partial charge on any atom is -0.508 e. The van der Waals surface area contributed by atoms with Gasteiger partial charge >= 0.3 is 5.97 Å². The van der Waals surface area contributed by atoms with E-state index in [4.69, 9.17) is 5.73 Å². The molecule has 3 amide bonds. The van der Waals surface area contributed by atoms with Crippen molar-refractivity contribution < 1.29 is 39.6 Å². The lowest BCUT2D eigenvalue weighted by Crippen LogP contribution is -2.59. The van der Waals surface area contributed by atoms with Crippen LogP contribution in [-0.2, 0) is 38.4 Å². The van der Waals surface area contributed by atoms with Crippen LogP contribution in [0.5, 0.6) is 11.5 Å². The van der Waals surface area contributed by atoms with Gasteiger partial charge in [-0.3, -0.25) is 14.4 Å². The summed E-state index contributed by atoms with van der Waals surface area (Å²) in [7, 11) is 0. The molecule has 0 spiro atoms. The number of benzene rings is 2. The Morgan fingerprint density at radius 2 is 1.31 bits per heavy atom. The number of imidazole rings is 1. The topological polar surface area (TPSA) is 240 Å². The summed E-state index contributed by atoms with van der Waals surface area (Å²) in [4.78, 5) is 58.0. The highest BCUT2D eigenvalue weighted by atomic mass is 16.4. The van der Waals surface area contributed by atoms with Crippen LogP contribution in [0.4, 0.5) is 0 Å². The Morgan fingerprint density at radius 1 is 0.810 bits per heavy atom. The first-order valence-electron chi connectivity index (χ1n) is 13.0. The largest absolute Gasteiger partial charge is 0.508 e. The van der Waals surface area contributed by atoms with Gasteiger partial charge in [0.25, 0.3) is 0 Å². The van der Waals surface area contributed by atoms with Crippen LogP contribution in [-0.4, -0.2) is 84.4 Å². The van der Waals surface area contributed by atoms with Crippen molar-refractivity contribution in [1.82, 2.24) is 25.9 Å². The van der Waals surface area contributed by atoms with E-state index in [1.165, 1.54) is 55.8 Å². The van der Waals surface area contributed by atoms with Gasteiger partial charge in [-0.1, -0.05) is 24.3 Å². The minimum absolute atomic E-state index is 0.0187. The highest BCUT2D eigenvalue weighted by Crippen LogP contribution is 2.13. The number of aliphatic carboxylic acids is 1. The van der Waals surface area contributed by atoms with Crippen molar-refractivity contribution in [3.05, 3.63) is 77.9 Å². The normalized spacial score (nSPS) is 14.5. The maximum Gasteiger partial charge on any atom is 0.328 e. The fraction of sp³-hybridized carbons (Fsp3) is 0.321. The molecule has 0 saturated heterocycles. The van der Waals surface area contributed by atoms with Crippen molar-refractivity contribution >= 4 is 23.7 Å². The molecule has 0 fully saturated rings. The smallest absolute Gasteiger partial charge is 0.328 e. The van der Waals surface area contributed by atoms with Gasteiger partial charge in [0.05, 0.1) is 18.5 Å². The van der Waals surface area contributed by atoms with Crippen LogP contribution in [0, 0.1) is 0 Å². The Kier molecular flexibility index (Phi) is 11.0. The first-order chi connectivity index (χ1) is 19.9. The molecule has 0 aliphatic rings. The van der Waals surface area contributed by atoms with Crippen LogP contribution in [0.1, 0.15) is 23.7 Å². The van der Waals surface area contributed by atoms with Crippen LogP contribution in [0.3, 0.4) is 0 Å². The van der Waals surface area contributed by atoms with Gasteiger partial charge < -0.3 is 47.1 Å². The summed E-state index contributed by atoms with van der Waals surface area (Å²) >= 11 is 0. The molecule has 42 heavy (non-hydrogen) atoms. The Hall–Kier alpha value is -4.95. The highest BCUT2D eigenvalue weighted by molar-refractivity contribution is 5.94. The van der Waals surface area contributed by atoms with E-state index < -0.39 is 54.0 Å². The Bertz CT molecular complexity index is 1350. The molecule has 10 N–H and O–H groups in total. The number of hydrogen-bond donors (Lipinski definition) is 9. The SMILES string of the molecule is CC(O)C(NC(=O)C(Cc1ccc(O)cc1)NC(=O)C(Cc1cnc[nH]1)NC(=O)C(N)Cc1ccc(O)cc1)C(=O)O. The third-order valence-electron chi connectivity index (χ3n) is 6.40. The van der Waals surface area contributed by atoms with Crippen molar-refractivity contribution in [2.45, 2.75) is 56.5 Å². The third-order valence-corrected chi connectivity index (χ3v) is 6.40. The van der Waals surface area contributed by atoms with E-state index in [1.807, 2.05) is 0 Å². The van der Waals surface area contributed by atoms with Crippen molar-refractivity contribution in [3.63, 3.8) is 0 Å². The average molecular weight is 583 g/mol. The average Bonchev–Trinajstić information content (AvgIpc) is 3.46. The molecule has 1 aromatic heterocycles. The van der Waals surface area contributed by atoms with Gasteiger partial charge in [0.15, 0.2) is 6.04 Å². The maximum absolute atomic E-state index is 13.5. The number of carboxylic acid groups (broad SMARTS) is 1. The van der Waals surface area contributed by atoms with E-state index in [-0.39, 0.29) is 30.8 Å². The van der Waals surface area contributed by atoms with Crippen LogP contribution in [0.15, 0.2) is 61.1 Å². The second-order valence-electron chi connectivity index (χ2n) is 9.82. The number of carboxylic acids is 1. The number of rotatable bonds is 14. The van der Waals surface area contributed by atoms with Gasteiger partial charge in [0.1, 0.15) is 23.6 Å². The van der Waals surface area contributed by atoms with Crippen LogP contribution < -0.4 is 21.7 Å². The standard InChI is InChI=1S/C28H34N6O8/c1-15(35)24(28(41)42)34-27(40)22(11-17-4-8-20(37)9-5-17)33-26(39)23(12-18-13-30-14-31-18)32-25(38)21(29)10-16-2-6-19(36)7-3-16/h2-9,13-15,21-24,35-37H,10-12,29H2,1H3,(H,30,31)(H,32,38)(H,33,39)(H,34,40)(H,41,42). The number of nitrogens with zero attached hydrogens (tertiary/aromatic N) is 1. The number of aliphatic hydroxyl groups is 1. The Labute approximate surface area is 241 Å². The molecule has 224 valence electrons. The van der Waals surface area contributed by atoms with E-state index in [1.54, 1.807) is 12.1 Å². The van der Waals surface area contributed by atoms with E-state index in [9.17, 15) is 39.6 Å². The Balaban J connectivity index is 1.81. The van der Waals surface area contributed by atoms with Gasteiger partial charge in [0.2, 0.25) is 17.7 Å². The second kappa shape index (κ2) is 14.6. The minimum atomic E-state index is -1.64. The molecule has 14 nitrogen and oxygen atoms in total. The first-order valence-corrected chi connectivity index (χ1v) is 13.0. The van der Waals surface area contributed by atoms with Gasteiger partial charge in [-0.15, -0.1) is 0 Å². The molecule has 5 atom stereocenters. The first kappa shape index (κ1) is 31.6. The predicted octanol–water partition coefficient (Wildman–Crippen LogP) is -0.904. The molecule has 0 aliphatic heterocycles. The number of phenols is 2. The second-order valence-corrected chi connectivity index (χ2v) is 9.82. The number of amides is 3. The number of phenolic OH excluding ortho intramolecular Hbond substituents is 2. The Morgan fingerprint density at radius 3 is 1.81 bits per heavy atom. The monoisotopic (exact) mass is 582 g/mol. The van der Waals surface area contributed by atoms with Gasteiger partial charge in [-0.25, -0.2) is 9.78 Å². The zero-order valence-electron chi connectivity index (χ0n) is 22.7. The predicted molar refractivity (Wildman–Crippen MR) is 149 cm³/mol. The van der Waals surface area contributed by atoms with Crippen molar-refractivity contribution in [2.24, 2.45) is 5.73 Å². The zero-order valence-corrected chi connectivity index (χ0v) is 22.7. The van der Waals surface area contributed by atoms with Crippen LogP contribution >= 0.6 is 0 Å². The molecule has 14 heteroatoms. The fourth-order valence-electron chi connectivity index (χ4n) is 4.07. The lowest BCUT2D eigenvalue weighted by Gasteiger charge is -2.26. The molecule has 0 saturated carbocycles. The molecule has 2 aromatic carbocycles. The number of hydrogen-bond acceptors (Lipinski definition) is 9. The van der Waals surface area contributed by atoms with Crippen molar-refractivity contribution in [3.8, 4) is 11.5 Å². The van der Waals surface area contributed by atoms with E-state index >= 15 is 0 Å². The molecule has 0 radical (unpaired) electrons. The summed E-state index contributed by atoms with van der Waals surface area (Å²) in [6.07, 6.45) is 1.40. The summed E-state index contributed by atoms with van der Waals surface area (Å²) in [5.41, 5.74) is 7.81. The summed E-state index contributed by atoms with van der Waals surface area (Å²) in [5.74, 6) is -3.74. The fourth-order valence-corrected chi connectivity index (χ4v) is 4.07. The molecule has 0 bridgehead atoms. The number of carbonyl (C=O) groups is 4. The molecule has 3 rings (SSSR count). The number of H-pyrrole nitrogens is 1. The summed E-state index contributed by atoms with van der Waals surface area (Å²) in [5, 5.41) is 45.7. The van der Waals surface area contributed by atoms with Crippen molar-refractivity contribution in [2.75, 3.05) is 0 Å². The molecule has 0 aliphatic carbocycles. The number of aliphatic hydroxyl groups excluding tert-OH is 1. The zero-order chi connectivity index (χ0) is 30.8.